The molecule has 1 aliphatic rings. The minimum atomic E-state index is -0.368. The van der Waals surface area contributed by atoms with Gasteiger partial charge in [-0.15, -0.1) is 0 Å². The average molecular weight is 264 g/mol. The topological polar surface area (TPSA) is 75.4 Å². The number of nitro benzene ring substituents is 1. The lowest BCUT2D eigenvalue weighted by molar-refractivity contribution is -0.384. The number of aliphatic hydroxyl groups excluding tert-OH is 1. The van der Waals surface area contributed by atoms with E-state index in [0.29, 0.717) is 12.2 Å². The van der Waals surface area contributed by atoms with Gasteiger partial charge < -0.3 is 10.4 Å². The molecule has 1 saturated carbocycles. The first-order valence-corrected chi connectivity index (χ1v) is 6.75. The van der Waals surface area contributed by atoms with E-state index >= 15 is 0 Å². The van der Waals surface area contributed by atoms with Gasteiger partial charge in [-0.05, 0) is 25.3 Å². The van der Waals surface area contributed by atoms with Crippen LogP contribution in [0.4, 0.5) is 11.4 Å². The third-order valence-electron chi connectivity index (χ3n) is 3.86. The van der Waals surface area contributed by atoms with Crippen molar-refractivity contribution in [3.05, 3.63) is 33.9 Å². The lowest BCUT2D eigenvalue weighted by atomic mass is 9.86. The molecule has 104 valence electrons. The Hall–Kier alpha value is -1.62. The van der Waals surface area contributed by atoms with Gasteiger partial charge in [0.25, 0.3) is 5.69 Å². The van der Waals surface area contributed by atoms with Crippen LogP contribution in [-0.4, -0.2) is 22.7 Å². The quantitative estimate of drug-likeness (QED) is 0.647. The molecule has 0 bridgehead atoms. The number of hydrogen-bond donors (Lipinski definition) is 2. The van der Waals surface area contributed by atoms with E-state index in [-0.39, 0.29) is 22.6 Å². The van der Waals surface area contributed by atoms with Crippen LogP contribution in [0.1, 0.15) is 31.2 Å². The van der Waals surface area contributed by atoms with Crippen molar-refractivity contribution < 1.29 is 10.0 Å². The maximum atomic E-state index is 11.0. The molecule has 0 saturated heterocycles. The molecule has 0 amide bonds. The van der Waals surface area contributed by atoms with Crippen molar-refractivity contribution >= 4 is 11.4 Å². The fourth-order valence-electron chi connectivity index (χ4n) is 2.69. The normalized spacial score (nSPS) is 23.1. The summed E-state index contributed by atoms with van der Waals surface area (Å²) in [5.74, 6) is 0.188. The zero-order valence-corrected chi connectivity index (χ0v) is 11.1. The molecule has 0 radical (unpaired) electrons. The minimum Gasteiger partial charge on any atom is -0.393 e. The number of nitrogens with zero attached hydrogens (tertiary/aromatic N) is 1. The molecule has 5 nitrogen and oxygen atoms in total. The highest BCUT2D eigenvalue weighted by Gasteiger charge is 2.24. The summed E-state index contributed by atoms with van der Waals surface area (Å²) in [6.45, 7) is 2.44. The lowest BCUT2D eigenvalue weighted by Gasteiger charge is -2.28. The van der Waals surface area contributed by atoms with Gasteiger partial charge in [-0.3, -0.25) is 10.1 Å². The summed E-state index contributed by atoms with van der Waals surface area (Å²) >= 11 is 0. The monoisotopic (exact) mass is 264 g/mol. The first kappa shape index (κ1) is 13.8. The van der Waals surface area contributed by atoms with Crippen LogP contribution in [0.15, 0.2) is 18.2 Å². The van der Waals surface area contributed by atoms with E-state index < -0.39 is 0 Å². The Balaban J connectivity index is 2.08. The maximum absolute atomic E-state index is 11.0. The van der Waals surface area contributed by atoms with Gasteiger partial charge in [0.1, 0.15) is 5.69 Å². The summed E-state index contributed by atoms with van der Waals surface area (Å²) in [5, 5.41) is 24.1. The molecule has 0 heterocycles. The van der Waals surface area contributed by atoms with E-state index in [2.05, 4.69) is 5.32 Å². The van der Waals surface area contributed by atoms with Gasteiger partial charge in [0.05, 0.1) is 11.0 Å². The number of aliphatic hydroxyl groups is 1. The summed E-state index contributed by atoms with van der Waals surface area (Å²) in [4.78, 5) is 10.6. The predicted octanol–water partition coefficient (Wildman–Crippen LogP) is 2.87. The molecule has 19 heavy (non-hydrogen) atoms. The lowest BCUT2D eigenvalue weighted by Crippen LogP contribution is -2.30. The van der Waals surface area contributed by atoms with Crippen molar-refractivity contribution in [3.63, 3.8) is 0 Å². The number of para-hydroxylation sites is 1. The Kier molecular flexibility index (Phi) is 4.37. The number of nitrogens with one attached hydrogen (secondary N) is 1. The highest BCUT2D eigenvalue weighted by Crippen LogP contribution is 2.30. The van der Waals surface area contributed by atoms with E-state index in [1.807, 2.05) is 13.0 Å². The van der Waals surface area contributed by atoms with Gasteiger partial charge >= 0.3 is 0 Å². The Labute approximate surface area is 112 Å². The summed E-state index contributed by atoms with van der Waals surface area (Å²) in [5.41, 5.74) is 1.54. The Morgan fingerprint density at radius 3 is 2.84 bits per heavy atom. The van der Waals surface area contributed by atoms with Gasteiger partial charge in [-0.1, -0.05) is 25.0 Å². The SMILES string of the molecule is Cc1cccc([N+](=O)[O-])c1NCC1CCCCC1O. The van der Waals surface area contributed by atoms with E-state index in [1.54, 1.807) is 6.07 Å². The number of hydrogen-bond acceptors (Lipinski definition) is 4. The Morgan fingerprint density at radius 1 is 1.42 bits per heavy atom. The van der Waals surface area contributed by atoms with Crippen molar-refractivity contribution in [1.82, 2.24) is 0 Å². The molecule has 2 unspecified atom stereocenters. The highest BCUT2D eigenvalue weighted by molar-refractivity contribution is 5.65. The van der Waals surface area contributed by atoms with Crippen LogP contribution in [-0.2, 0) is 0 Å². The van der Waals surface area contributed by atoms with E-state index in [4.69, 9.17) is 0 Å². The second kappa shape index (κ2) is 6.02. The van der Waals surface area contributed by atoms with Crippen LogP contribution in [0, 0.1) is 23.0 Å². The zero-order valence-electron chi connectivity index (χ0n) is 11.1. The third kappa shape index (κ3) is 3.23. The van der Waals surface area contributed by atoms with Crippen LogP contribution in [0.2, 0.25) is 0 Å². The van der Waals surface area contributed by atoms with Crippen molar-refractivity contribution in [2.24, 2.45) is 5.92 Å². The predicted molar refractivity (Wildman–Crippen MR) is 74.3 cm³/mol. The molecule has 1 aliphatic carbocycles. The molecule has 0 aliphatic heterocycles. The number of anilines is 1. The van der Waals surface area contributed by atoms with E-state index in [0.717, 1.165) is 31.2 Å². The highest BCUT2D eigenvalue weighted by atomic mass is 16.6. The van der Waals surface area contributed by atoms with Crippen LogP contribution in [0.3, 0.4) is 0 Å². The van der Waals surface area contributed by atoms with Gasteiger partial charge in [0, 0.05) is 18.5 Å². The smallest absolute Gasteiger partial charge is 0.292 e. The fraction of sp³-hybridized carbons (Fsp3) is 0.571. The molecule has 2 rings (SSSR count). The molecule has 1 aromatic carbocycles. The molecule has 0 spiro atoms. The van der Waals surface area contributed by atoms with Gasteiger partial charge in [-0.25, -0.2) is 0 Å². The molecule has 5 heteroatoms. The molecule has 2 atom stereocenters. The second-order valence-electron chi connectivity index (χ2n) is 5.22. The molecule has 1 fully saturated rings. The van der Waals surface area contributed by atoms with Gasteiger partial charge in [0.15, 0.2) is 0 Å². The second-order valence-corrected chi connectivity index (χ2v) is 5.22. The zero-order chi connectivity index (χ0) is 13.8. The standard InChI is InChI=1S/C14H20N2O3/c1-10-5-4-7-12(16(18)19)14(10)15-9-11-6-2-3-8-13(11)17/h4-5,7,11,13,15,17H,2-3,6,8-9H2,1H3. The summed E-state index contributed by atoms with van der Waals surface area (Å²) in [6.07, 6.45) is 3.72. The fourth-order valence-corrected chi connectivity index (χ4v) is 2.69. The number of nitro groups is 1. The molecular formula is C14H20N2O3. The largest absolute Gasteiger partial charge is 0.393 e. The van der Waals surface area contributed by atoms with Crippen molar-refractivity contribution in [3.8, 4) is 0 Å². The number of rotatable bonds is 4. The molecular weight excluding hydrogens is 244 g/mol. The molecule has 2 N–H and O–H groups in total. The first-order valence-electron chi connectivity index (χ1n) is 6.75. The van der Waals surface area contributed by atoms with Crippen molar-refractivity contribution in [2.75, 3.05) is 11.9 Å². The van der Waals surface area contributed by atoms with Crippen LogP contribution < -0.4 is 5.32 Å². The van der Waals surface area contributed by atoms with Crippen LogP contribution >= 0.6 is 0 Å². The minimum absolute atomic E-state index is 0.102. The van der Waals surface area contributed by atoms with E-state index in [1.165, 1.54) is 6.07 Å². The van der Waals surface area contributed by atoms with Crippen LogP contribution in [0.5, 0.6) is 0 Å². The number of benzene rings is 1. The van der Waals surface area contributed by atoms with Gasteiger partial charge in [0.2, 0.25) is 0 Å². The van der Waals surface area contributed by atoms with Crippen LogP contribution in [0.25, 0.3) is 0 Å². The number of aryl methyl sites for hydroxylation is 1. The summed E-state index contributed by atoms with van der Waals surface area (Å²) in [7, 11) is 0. The van der Waals surface area contributed by atoms with Crippen molar-refractivity contribution in [1.29, 1.82) is 0 Å². The molecule has 0 aromatic heterocycles. The summed E-state index contributed by atoms with van der Waals surface area (Å²) in [6, 6.07) is 5.05. The average Bonchev–Trinajstić information content (AvgIpc) is 2.38. The first-order chi connectivity index (χ1) is 9.09. The van der Waals surface area contributed by atoms with E-state index in [9.17, 15) is 15.2 Å². The van der Waals surface area contributed by atoms with Gasteiger partial charge in [-0.2, -0.15) is 0 Å². The maximum Gasteiger partial charge on any atom is 0.292 e. The van der Waals surface area contributed by atoms with Crippen molar-refractivity contribution in [2.45, 2.75) is 38.7 Å². The third-order valence-corrected chi connectivity index (χ3v) is 3.86. The Morgan fingerprint density at radius 2 is 2.16 bits per heavy atom. The molecule has 1 aromatic rings. The summed E-state index contributed by atoms with van der Waals surface area (Å²) < 4.78 is 0. The Bertz CT molecular complexity index is 462.